The Kier molecular flexibility index (Phi) is 3.47. The highest BCUT2D eigenvalue weighted by molar-refractivity contribution is 5.87. The quantitative estimate of drug-likeness (QED) is 0.861. The molecule has 0 bridgehead atoms. The number of hydrogen-bond acceptors (Lipinski definition) is 6. The summed E-state index contributed by atoms with van der Waals surface area (Å²) in [6, 6.07) is 4.07. The molecule has 1 unspecified atom stereocenters. The summed E-state index contributed by atoms with van der Waals surface area (Å²) in [4.78, 5) is 27.3. The maximum Gasteiger partial charge on any atom is 0.146 e. The van der Waals surface area contributed by atoms with Crippen LogP contribution in [0.25, 0.3) is 11.0 Å². The monoisotopic (exact) mass is 322 g/mol. The second-order valence-corrected chi connectivity index (χ2v) is 6.66. The number of carbonyl (C=O) groups excluding carboxylic acids is 1. The standard InChI is InChI=1S/C17H18N6O/c18-5-1-13(9-24)22-7-3-17(10-22)4-8-23(11-17)16-14-2-6-19-15(14)20-12-21-16/h2,6,12H,1,3-4,7-8,10-11H2,(H,19,20,21). The Morgan fingerprint density at radius 3 is 3.04 bits per heavy atom. The third kappa shape index (κ3) is 2.32. The van der Waals surface area contributed by atoms with Gasteiger partial charge in [0.1, 0.15) is 29.4 Å². The maximum absolute atomic E-state index is 11.1. The molecular formula is C17H18N6O. The van der Waals surface area contributed by atoms with Crippen molar-refractivity contribution >= 4 is 22.8 Å². The number of hydrogen-bond donors (Lipinski definition) is 1. The van der Waals surface area contributed by atoms with Gasteiger partial charge >= 0.3 is 0 Å². The van der Waals surface area contributed by atoms with Crippen LogP contribution in [0.15, 0.2) is 24.3 Å². The second-order valence-electron chi connectivity index (χ2n) is 6.66. The van der Waals surface area contributed by atoms with Crippen molar-refractivity contribution in [2.45, 2.75) is 19.3 Å². The zero-order chi connectivity index (χ0) is 16.6. The van der Waals surface area contributed by atoms with Gasteiger partial charge in [-0.2, -0.15) is 5.26 Å². The Morgan fingerprint density at radius 1 is 1.33 bits per heavy atom. The van der Waals surface area contributed by atoms with E-state index in [4.69, 9.17) is 5.26 Å². The van der Waals surface area contributed by atoms with E-state index in [-0.39, 0.29) is 11.8 Å². The zero-order valence-corrected chi connectivity index (χ0v) is 13.3. The molecule has 0 amide bonds. The Labute approximate surface area is 139 Å². The summed E-state index contributed by atoms with van der Waals surface area (Å²) in [5.41, 5.74) is 1.50. The summed E-state index contributed by atoms with van der Waals surface area (Å²) in [6.07, 6.45) is 5.72. The predicted molar refractivity (Wildman–Crippen MR) is 88.8 cm³/mol. The Hall–Kier alpha value is -2.84. The number of aromatic amines is 1. The van der Waals surface area contributed by atoms with Crippen LogP contribution in [0, 0.1) is 16.7 Å². The third-order valence-electron chi connectivity index (χ3n) is 5.26. The largest absolute Gasteiger partial charge is 0.364 e. The molecule has 1 N–H and O–H groups in total. The topological polar surface area (TPSA) is 88.9 Å². The first kappa shape index (κ1) is 14.7. The van der Waals surface area contributed by atoms with E-state index >= 15 is 0 Å². The Morgan fingerprint density at radius 2 is 2.21 bits per heavy atom. The highest BCUT2D eigenvalue weighted by Gasteiger charge is 2.44. The average Bonchev–Trinajstić information content (AvgIpc) is 3.32. The van der Waals surface area contributed by atoms with Crippen LogP contribution < -0.4 is 4.90 Å². The van der Waals surface area contributed by atoms with Gasteiger partial charge in [0.15, 0.2) is 0 Å². The molecule has 122 valence electrons. The average molecular weight is 322 g/mol. The molecule has 7 heteroatoms. The second kappa shape index (κ2) is 5.66. The summed E-state index contributed by atoms with van der Waals surface area (Å²) < 4.78 is 0. The molecule has 7 nitrogen and oxygen atoms in total. The summed E-state index contributed by atoms with van der Waals surface area (Å²) in [6.45, 7) is 3.50. The van der Waals surface area contributed by atoms with Crippen LogP contribution >= 0.6 is 0 Å². The van der Waals surface area contributed by atoms with Gasteiger partial charge in [0.2, 0.25) is 0 Å². The summed E-state index contributed by atoms with van der Waals surface area (Å²) in [5.74, 6) is 2.92. The predicted octanol–water partition coefficient (Wildman–Crippen LogP) is 1.49. The van der Waals surface area contributed by atoms with Crippen LogP contribution in [-0.4, -0.2) is 52.0 Å². The molecule has 1 atom stereocenters. The lowest BCUT2D eigenvalue weighted by Gasteiger charge is -2.25. The number of allylic oxidation sites excluding steroid dienone is 1. The fourth-order valence-corrected chi connectivity index (χ4v) is 4.01. The maximum atomic E-state index is 11.1. The van der Waals surface area contributed by atoms with Crippen molar-refractivity contribution < 1.29 is 4.79 Å². The lowest BCUT2D eigenvalue weighted by atomic mass is 9.86. The van der Waals surface area contributed by atoms with E-state index in [1.165, 1.54) is 0 Å². The molecule has 2 saturated heterocycles. The zero-order valence-electron chi connectivity index (χ0n) is 13.3. The molecule has 0 saturated carbocycles. The van der Waals surface area contributed by atoms with E-state index in [9.17, 15) is 4.79 Å². The number of aromatic nitrogens is 3. The van der Waals surface area contributed by atoms with Crippen molar-refractivity contribution in [3.8, 4) is 6.07 Å². The van der Waals surface area contributed by atoms with Crippen molar-refractivity contribution in [1.82, 2.24) is 19.9 Å². The van der Waals surface area contributed by atoms with Crippen molar-refractivity contribution in [3.63, 3.8) is 0 Å². The minimum absolute atomic E-state index is 0.138. The first-order valence-electron chi connectivity index (χ1n) is 8.14. The molecule has 0 aromatic carbocycles. The van der Waals surface area contributed by atoms with Crippen LogP contribution in [0.2, 0.25) is 0 Å². The van der Waals surface area contributed by atoms with E-state index < -0.39 is 0 Å². The molecule has 4 heterocycles. The van der Waals surface area contributed by atoms with Gasteiger partial charge in [0.25, 0.3) is 0 Å². The number of nitrogens with zero attached hydrogens (tertiary/aromatic N) is 5. The third-order valence-corrected chi connectivity index (χ3v) is 5.26. The van der Waals surface area contributed by atoms with Crippen LogP contribution in [0.1, 0.15) is 19.3 Å². The molecule has 2 aliphatic heterocycles. The highest BCUT2D eigenvalue weighted by Crippen LogP contribution is 2.42. The van der Waals surface area contributed by atoms with Gasteiger partial charge in [-0.25, -0.2) is 14.8 Å². The number of fused-ring (bicyclic) bond motifs is 1. The van der Waals surface area contributed by atoms with Gasteiger partial charge in [-0.15, -0.1) is 0 Å². The molecule has 2 aromatic heterocycles. The Balaban J connectivity index is 1.54. The fraction of sp³-hybridized carbons (Fsp3) is 0.471. The van der Waals surface area contributed by atoms with Gasteiger partial charge in [0.05, 0.1) is 17.9 Å². The SMILES string of the molecule is N#CCC(=C=O)N1CCC2(CCN(c3ncnc4[nH]ccc34)C2)C1. The van der Waals surface area contributed by atoms with E-state index in [0.29, 0.717) is 5.70 Å². The van der Waals surface area contributed by atoms with Crippen LogP contribution in [-0.2, 0) is 4.79 Å². The van der Waals surface area contributed by atoms with Crippen LogP contribution in [0.5, 0.6) is 0 Å². The Bertz CT molecular complexity index is 861. The smallest absolute Gasteiger partial charge is 0.146 e. The number of rotatable bonds is 3. The number of nitrogens with one attached hydrogen (secondary N) is 1. The number of likely N-dealkylation sites (tertiary alicyclic amines) is 1. The molecule has 24 heavy (non-hydrogen) atoms. The van der Waals surface area contributed by atoms with E-state index in [1.54, 1.807) is 6.33 Å². The molecule has 2 aromatic rings. The van der Waals surface area contributed by atoms with Gasteiger partial charge < -0.3 is 14.8 Å². The molecule has 1 spiro atoms. The fourth-order valence-electron chi connectivity index (χ4n) is 4.01. The molecule has 4 rings (SSSR count). The first-order chi connectivity index (χ1) is 11.7. The summed E-state index contributed by atoms with van der Waals surface area (Å²) >= 11 is 0. The number of anilines is 1. The van der Waals surface area contributed by atoms with Crippen molar-refractivity contribution in [1.29, 1.82) is 5.26 Å². The minimum atomic E-state index is 0.138. The van der Waals surface area contributed by atoms with Gasteiger partial charge in [-0.1, -0.05) is 0 Å². The van der Waals surface area contributed by atoms with E-state index in [1.807, 2.05) is 23.1 Å². The van der Waals surface area contributed by atoms with E-state index in [0.717, 1.165) is 55.9 Å². The lowest BCUT2D eigenvalue weighted by molar-refractivity contribution is 0.315. The molecule has 2 fully saturated rings. The summed E-state index contributed by atoms with van der Waals surface area (Å²) in [7, 11) is 0. The molecule has 0 aliphatic carbocycles. The van der Waals surface area contributed by atoms with Crippen LogP contribution in [0.4, 0.5) is 5.82 Å². The first-order valence-corrected chi connectivity index (χ1v) is 8.14. The minimum Gasteiger partial charge on any atom is -0.364 e. The number of nitriles is 1. The summed E-state index contributed by atoms with van der Waals surface area (Å²) in [5, 5.41) is 9.90. The van der Waals surface area contributed by atoms with Crippen molar-refractivity contribution in [3.05, 3.63) is 24.3 Å². The molecule has 0 radical (unpaired) electrons. The van der Waals surface area contributed by atoms with Crippen molar-refractivity contribution in [2.75, 3.05) is 31.1 Å². The lowest BCUT2D eigenvalue weighted by Crippen LogP contribution is -2.31. The number of H-pyrrole nitrogens is 1. The van der Waals surface area contributed by atoms with Gasteiger partial charge in [-0.05, 0) is 18.9 Å². The van der Waals surface area contributed by atoms with Gasteiger partial charge in [-0.3, -0.25) is 0 Å². The van der Waals surface area contributed by atoms with Gasteiger partial charge in [0, 0.05) is 37.8 Å². The van der Waals surface area contributed by atoms with Crippen LogP contribution in [0.3, 0.4) is 0 Å². The normalized spacial score (nSPS) is 23.0. The molecular weight excluding hydrogens is 304 g/mol. The molecule has 2 aliphatic rings. The van der Waals surface area contributed by atoms with E-state index in [2.05, 4.69) is 25.9 Å². The van der Waals surface area contributed by atoms with Crippen molar-refractivity contribution in [2.24, 2.45) is 5.41 Å². The highest BCUT2D eigenvalue weighted by atomic mass is 16.1.